The third-order valence-corrected chi connectivity index (χ3v) is 2.30. The number of hydrogen-bond donors (Lipinski definition) is 2. The van der Waals surface area contributed by atoms with Crippen molar-refractivity contribution in [3.63, 3.8) is 0 Å². The minimum absolute atomic E-state index is 0.294. The molecule has 1 amide bonds. The first-order chi connectivity index (χ1) is 7.22. The van der Waals surface area contributed by atoms with E-state index in [-0.39, 0.29) is 0 Å². The molecular formula is C11H11N3O. The molecule has 1 heterocycles. The van der Waals surface area contributed by atoms with E-state index in [1.54, 1.807) is 6.20 Å². The summed E-state index contributed by atoms with van der Waals surface area (Å²) in [5.41, 5.74) is 12.0. The number of pyridine rings is 1. The van der Waals surface area contributed by atoms with E-state index in [0.717, 1.165) is 16.3 Å². The molecule has 0 aliphatic heterocycles. The van der Waals surface area contributed by atoms with E-state index in [9.17, 15) is 4.79 Å². The van der Waals surface area contributed by atoms with Gasteiger partial charge in [-0.2, -0.15) is 0 Å². The van der Waals surface area contributed by atoms with Crippen LogP contribution in [-0.4, -0.2) is 10.9 Å². The van der Waals surface area contributed by atoms with Gasteiger partial charge in [0.05, 0.1) is 0 Å². The minimum Gasteiger partial charge on any atom is -0.364 e. The monoisotopic (exact) mass is 201 g/mol. The van der Waals surface area contributed by atoms with Crippen LogP contribution in [0.25, 0.3) is 10.8 Å². The normalized spacial score (nSPS) is 10.5. The Hall–Kier alpha value is -1.94. The Balaban J connectivity index is 2.76. The second-order valence-electron chi connectivity index (χ2n) is 3.28. The SMILES string of the molecule is NCc1ccc2ccnc(C(N)=O)c2c1. The topological polar surface area (TPSA) is 82.0 Å². The zero-order valence-electron chi connectivity index (χ0n) is 8.10. The van der Waals surface area contributed by atoms with E-state index in [1.807, 2.05) is 24.3 Å². The van der Waals surface area contributed by atoms with Gasteiger partial charge in [-0.05, 0) is 23.1 Å². The fraction of sp³-hybridized carbons (Fsp3) is 0.0909. The van der Waals surface area contributed by atoms with Crippen LogP contribution in [0.1, 0.15) is 16.1 Å². The zero-order valence-corrected chi connectivity index (χ0v) is 8.10. The molecule has 0 radical (unpaired) electrons. The summed E-state index contributed by atoms with van der Waals surface area (Å²) >= 11 is 0. The van der Waals surface area contributed by atoms with E-state index in [0.29, 0.717) is 12.2 Å². The number of carbonyl (C=O) groups is 1. The number of hydrogen-bond acceptors (Lipinski definition) is 3. The summed E-state index contributed by atoms with van der Waals surface area (Å²) in [6.07, 6.45) is 1.57. The first-order valence-corrected chi connectivity index (χ1v) is 4.60. The first kappa shape index (κ1) is 9.61. The van der Waals surface area contributed by atoms with Crippen LogP contribution in [0.4, 0.5) is 0 Å². The summed E-state index contributed by atoms with van der Waals surface area (Å²) in [6, 6.07) is 7.52. The molecule has 0 saturated heterocycles. The summed E-state index contributed by atoms with van der Waals surface area (Å²) in [6.45, 7) is 0.434. The number of carbonyl (C=O) groups excluding carboxylic acids is 1. The van der Waals surface area contributed by atoms with Crippen LogP contribution < -0.4 is 11.5 Å². The van der Waals surface area contributed by atoms with Gasteiger partial charge in [0.15, 0.2) is 0 Å². The molecule has 0 bridgehead atoms. The van der Waals surface area contributed by atoms with Crippen LogP contribution in [0.15, 0.2) is 30.5 Å². The standard InChI is InChI=1S/C11H11N3O/c12-6-7-1-2-8-3-4-14-10(11(13)15)9(8)5-7/h1-5H,6,12H2,(H2,13,15). The molecule has 0 aliphatic carbocycles. The largest absolute Gasteiger partial charge is 0.364 e. The second kappa shape index (κ2) is 3.67. The molecule has 2 aromatic rings. The Morgan fingerprint density at radius 1 is 1.33 bits per heavy atom. The number of aromatic nitrogens is 1. The highest BCUT2D eigenvalue weighted by molar-refractivity contribution is 6.04. The lowest BCUT2D eigenvalue weighted by Crippen LogP contribution is -2.13. The highest BCUT2D eigenvalue weighted by Crippen LogP contribution is 2.18. The van der Waals surface area contributed by atoms with Crippen molar-refractivity contribution in [1.29, 1.82) is 0 Å². The average molecular weight is 201 g/mol. The number of benzene rings is 1. The van der Waals surface area contributed by atoms with E-state index in [1.165, 1.54) is 0 Å². The van der Waals surface area contributed by atoms with Crippen molar-refractivity contribution in [2.45, 2.75) is 6.54 Å². The van der Waals surface area contributed by atoms with Crippen LogP contribution in [-0.2, 0) is 6.54 Å². The van der Waals surface area contributed by atoms with E-state index in [2.05, 4.69) is 4.98 Å². The van der Waals surface area contributed by atoms with Gasteiger partial charge in [0.25, 0.3) is 5.91 Å². The van der Waals surface area contributed by atoms with Crippen molar-refractivity contribution in [3.05, 3.63) is 41.7 Å². The number of primary amides is 1. The molecule has 1 aromatic heterocycles. The third kappa shape index (κ3) is 1.67. The lowest BCUT2D eigenvalue weighted by molar-refractivity contribution is 0.0997. The van der Waals surface area contributed by atoms with Crippen molar-refractivity contribution < 1.29 is 4.79 Å². The van der Waals surface area contributed by atoms with E-state index >= 15 is 0 Å². The fourth-order valence-electron chi connectivity index (χ4n) is 1.54. The van der Waals surface area contributed by atoms with Gasteiger partial charge in [-0.1, -0.05) is 12.1 Å². The van der Waals surface area contributed by atoms with Crippen LogP contribution in [0.5, 0.6) is 0 Å². The predicted molar refractivity (Wildman–Crippen MR) is 58.2 cm³/mol. The number of nitrogens with zero attached hydrogens (tertiary/aromatic N) is 1. The number of nitrogens with two attached hydrogens (primary N) is 2. The van der Waals surface area contributed by atoms with Gasteiger partial charge in [-0.15, -0.1) is 0 Å². The maximum atomic E-state index is 11.1. The molecule has 0 spiro atoms. The van der Waals surface area contributed by atoms with Crippen LogP contribution in [0, 0.1) is 0 Å². The van der Waals surface area contributed by atoms with Crippen LogP contribution in [0.2, 0.25) is 0 Å². The molecule has 4 N–H and O–H groups in total. The molecule has 0 aliphatic rings. The van der Waals surface area contributed by atoms with Crippen molar-refractivity contribution >= 4 is 16.7 Å². The average Bonchev–Trinajstić information content (AvgIpc) is 2.27. The Bertz CT molecular complexity index is 522. The minimum atomic E-state index is -0.519. The van der Waals surface area contributed by atoms with Crippen molar-refractivity contribution in [3.8, 4) is 0 Å². The number of fused-ring (bicyclic) bond motifs is 1. The zero-order chi connectivity index (χ0) is 10.8. The summed E-state index contributed by atoms with van der Waals surface area (Å²) in [7, 11) is 0. The summed E-state index contributed by atoms with van der Waals surface area (Å²) in [5.74, 6) is -0.519. The molecule has 0 saturated carbocycles. The van der Waals surface area contributed by atoms with Gasteiger partial charge in [0, 0.05) is 18.1 Å². The van der Waals surface area contributed by atoms with Gasteiger partial charge in [0.1, 0.15) is 5.69 Å². The summed E-state index contributed by atoms with van der Waals surface area (Å²) in [4.78, 5) is 15.1. The van der Waals surface area contributed by atoms with Crippen molar-refractivity contribution in [1.82, 2.24) is 4.98 Å². The molecular weight excluding hydrogens is 190 g/mol. The highest BCUT2D eigenvalue weighted by Gasteiger charge is 2.07. The number of amides is 1. The Morgan fingerprint density at radius 2 is 2.13 bits per heavy atom. The molecule has 0 unspecified atom stereocenters. The molecule has 4 heteroatoms. The number of rotatable bonds is 2. The molecule has 0 fully saturated rings. The smallest absolute Gasteiger partial charge is 0.267 e. The molecule has 2 rings (SSSR count). The lowest BCUT2D eigenvalue weighted by atomic mass is 10.1. The molecule has 1 aromatic carbocycles. The quantitative estimate of drug-likeness (QED) is 0.753. The lowest BCUT2D eigenvalue weighted by Gasteiger charge is -2.04. The molecule has 4 nitrogen and oxygen atoms in total. The van der Waals surface area contributed by atoms with Crippen molar-refractivity contribution in [2.24, 2.45) is 11.5 Å². The first-order valence-electron chi connectivity index (χ1n) is 4.60. The maximum Gasteiger partial charge on any atom is 0.267 e. The summed E-state index contributed by atoms with van der Waals surface area (Å²) < 4.78 is 0. The molecule has 15 heavy (non-hydrogen) atoms. The predicted octanol–water partition coefficient (Wildman–Crippen LogP) is 0.792. The van der Waals surface area contributed by atoms with Gasteiger partial charge in [-0.25, -0.2) is 0 Å². The van der Waals surface area contributed by atoms with Crippen molar-refractivity contribution in [2.75, 3.05) is 0 Å². The Morgan fingerprint density at radius 3 is 2.80 bits per heavy atom. The Labute approximate surface area is 86.9 Å². The van der Waals surface area contributed by atoms with E-state index in [4.69, 9.17) is 11.5 Å². The molecule has 0 atom stereocenters. The van der Waals surface area contributed by atoms with Gasteiger partial charge in [0.2, 0.25) is 0 Å². The third-order valence-electron chi connectivity index (χ3n) is 2.30. The van der Waals surface area contributed by atoms with Gasteiger partial charge < -0.3 is 11.5 Å². The van der Waals surface area contributed by atoms with Crippen LogP contribution >= 0.6 is 0 Å². The molecule has 76 valence electrons. The van der Waals surface area contributed by atoms with Gasteiger partial charge in [-0.3, -0.25) is 9.78 Å². The summed E-state index contributed by atoms with van der Waals surface area (Å²) in [5, 5.41) is 1.70. The Kier molecular flexibility index (Phi) is 2.35. The maximum absolute atomic E-state index is 11.1. The van der Waals surface area contributed by atoms with E-state index < -0.39 is 5.91 Å². The van der Waals surface area contributed by atoms with Crippen LogP contribution in [0.3, 0.4) is 0 Å². The van der Waals surface area contributed by atoms with Gasteiger partial charge >= 0.3 is 0 Å². The highest BCUT2D eigenvalue weighted by atomic mass is 16.1. The fourth-order valence-corrected chi connectivity index (χ4v) is 1.54. The second-order valence-corrected chi connectivity index (χ2v) is 3.28.